The average Bonchev–Trinajstić information content (AvgIpc) is 3.07. The first-order valence-corrected chi connectivity index (χ1v) is 10.2. The number of hydrogen-bond acceptors (Lipinski definition) is 3. The first-order chi connectivity index (χ1) is 14.0. The van der Waals surface area contributed by atoms with Crippen molar-refractivity contribution in [1.82, 2.24) is 4.98 Å². The average molecular weight is 451 g/mol. The van der Waals surface area contributed by atoms with E-state index in [1.165, 1.54) is 29.0 Å². The van der Waals surface area contributed by atoms with Crippen molar-refractivity contribution in [3.8, 4) is 11.3 Å². The van der Waals surface area contributed by atoms with Crippen LogP contribution >= 0.6 is 22.9 Å². The van der Waals surface area contributed by atoms with Crippen LogP contribution in [0.4, 0.5) is 18.3 Å². The van der Waals surface area contributed by atoms with Gasteiger partial charge in [0.2, 0.25) is 5.91 Å². The van der Waals surface area contributed by atoms with Gasteiger partial charge in [0.05, 0.1) is 16.3 Å². The molecule has 3 rings (SSSR count). The monoisotopic (exact) mass is 450 g/mol. The fourth-order valence-electron chi connectivity index (χ4n) is 3.21. The van der Waals surface area contributed by atoms with Gasteiger partial charge in [0.15, 0.2) is 5.13 Å². The number of carbonyl (C=O) groups excluding carboxylic acids is 1. The Morgan fingerprint density at radius 1 is 1.13 bits per heavy atom. The van der Waals surface area contributed by atoms with Gasteiger partial charge in [-0.1, -0.05) is 35.4 Å². The highest BCUT2D eigenvalue weighted by atomic mass is 35.5. The third-order valence-electron chi connectivity index (χ3n) is 4.39. The molecule has 1 N–H and O–H groups in total. The molecule has 0 bridgehead atoms. The molecule has 2 aromatic carbocycles. The van der Waals surface area contributed by atoms with E-state index in [1.807, 2.05) is 26.2 Å². The molecule has 0 atom stereocenters. The van der Waals surface area contributed by atoms with Crippen LogP contribution in [0.3, 0.4) is 0 Å². The molecule has 1 amide bonds. The van der Waals surface area contributed by atoms with Gasteiger partial charge in [-0.05, 0) is 55.7 Å². The number of carbonyl (C=O) groups is 1. The number of aromatic nitrogens is 1. The quantitative estimate of drug-likeness (QED) is 0.432. The zero-order chi connectivity index (χ0) is 22.1. The van der Waals surface area contributed by atoms with Gasteiger partial charge in [-0.15, -0.1) is 11.3 Å². The maximum absolute atomic E-state index is 12.9. The molecule has 0 radical (unpaired) electrons. The van der Waals surface area contributed by atoms with Gasteiger partial charge < -0.3 is 0 Å². The number of anilines is 1. The van der Waals surface area contributed by atoms with Crippen molar-refractivity contribution in [3.05, 3.63) is 74.6 Å². The summed E-state index contributed by atoms with van der Waals surface area (Å²) in [5, 5.41) is 4.52. The van der Waals surface area contributed by atoms with Crippen molar-refractivity contribution < 1.29 is 18.0 Å². The Morgan fingerprint density at radius 3 is 2.43 bits per heavy atom. The predicted molar refractivity (Wildman–Crippen MR) is 116 cm³/mol. The zero-order valence-corrected chi connectivity index (χ0v) is 18.0. The molecule has 156 valence electrons. The van der Waals surface area contributed by atoms with Crippen LogP contribution in [0, 0.1) is 20.8 Å². The summed E-state index contributed by atoms with van der Waals surface area (Å²) >= 11 is 6.88. The number of alkyl halides is 3. The van der Waals surface area contributed by atoms with Crippen molar-refractivity contribution in [2.24, 2.45) is 0 Å². The molecule has 3 aromatic rings. The number of hydrogen-bond donors (Lipinski definition) is 1. The highest BCUT2D eigenvalue weighted by Gasteiger charge is 2.33. The summed E-state index contributed by atoms with van der Waals surface area (Å²) in [4.78, 5) is 16.7. The van der Waals surface area contributed by atoms with Crippen LogP contribution in [0.1, 0.15) is 27.8 Å². The van der Waals surface area contributed by atoms with Gasteiger partial charge in [0.1, 0.15) is 0 Å². The number of nitrogens with zero attached hydrogens (tertiary/aromatic N) is 1. The molecule has 0 aliphatic rings. The van der Waals surface area contributed by atoms with Crippen LogP contribution < -0.4 is 5.32 Å². The van der Waals surface area contributed by atoms with Gasteiger partial charge >= 0.3 is 6.18 Å². The van der Waals surface area contributed by atoms with Crippen molar-refractivity contribution in [2.45, 2.75) is 26.9 Å². The van der Waals surface area contributed by atoms with Crippen LogP contribution in [-0.2, 0) is 11.0 Å². The highest BCUT2D eigenvalue weighted by Crippen LogP contribution is 2.35. The van der Waals surface area contributed by atoms with Crippen molar-refractivity contribution in [1.29, 1.82) is 0 Å². The molecule has 0 saturated carbocycles. The van der Waals surface area contributed by atoms with Crippen molar-refractivity contribution >= 4 is 40.1 Å². The zero-order valence-electron chi connectivity index (χ0n) is 16.4. The van der Waals surface area contributed by atoms with Crippen LogP contribution in [0.25, 0.3) is 17.3 Å². The predicted octanol–water partition coefficient (Wildman–Crippen LogP) is 7.06. The smallest absolute Gasteiger partial charge is 0.298 e. The van der Waals surface area contributed by atoms with E-state index in [0.717, 1.165) is 40.6 Å². The Kier molecular flexibility index (Phi) is 6.33. The lowest BCUT2D eigenvalue weighted by molar-refractivity contribution is -0.137. The second-order valence-corrected chi connectivity index (χ2v) is 8.14. The third kappa shape index (κ3) is 5.09. The number of nitrogens with one attached hydrogen (secondary N) is 1. The minimum Gasteiger partial charge on any atom is -0.298 e. The Balaban J connectivity index is 1.74. The number of thiazole rings is 1. The van der Waals surface area contributed by atoms with Crippen molar-refractivity contribution in [2.75, 3.05) is 5.32 Å². The number of benzene rings is 2. The number of amides is 1. The largest absolute Gasteiger partial charge is 0.417 e. The molecule has 0 fully saturated rings. The fourth-order valence-corrected chi connectivity index (χ4v) is 4.14. The van der Waals surface area contributed by atoms with E-state index < -0.39 is 17.6 Å². The van der Waals surface area contributed by atoms with E-state index in [1.54, 1.807) is 0 Å². The van der Waals surface area contributed by atoms with Crippen LogP contribution in [0.5, 0.6) is 0 Å². The SMILES string of the molecule is Cc1cc(C)c(-c2csc(NC(=O)/C=C/c3ccc(Cl)c(C(F)(F)F)c3)n2)c(C)c1. The Hall–Kier alpha value is -2.64. The molecule has 0 unspecified atom stereocenters. The lowest BCUT2D eigenvalue weighted by Gasteiger charge is -2.09. The number of rotatable bonds is 4. The van der Waals surface area contributed by atoms with Gasteiger partial charge in [0.25, 0.3) is 0 Å². The Morgan fingerprint density at radius 2 is 1.80 bits per heavy atom. The molecular formula is C22H18ClF3N2OS. The second kappa shape index (κ2) is 8.62. The number of aryl methyl sites for hydroxylation is 3. The maximum Gasteiger partial charge on any atom is 0.417 e. The summed E-state index contributed by atoms with van der Waals surface area (Å²) in [5.74, 6) is -0.489. The standard InChI is InChI=1S/C22H18ClF3N2OS/c1-12-8-13(2)20(14(3)9-12)18-11-30-21(27-18)28-19(29)7-5-15-4-6-17(23)16(10-15)22(24,25)26/h4-11H,1-3H3,(H,27,28,29)/b7-5+. The third-order valence-corrected chi connectivity index (χ3v) is 5.48. The van der Waals surface area contributed by atoms with E-state index in [0.29, 0.717) is 5.13 Å². The molecule has 0 spiro atoms. The molecule has 3 nitrogen and oxygen atoms in total. The molecule has 1 aromatic heterocycles. The van der Waals surface area contributed by atoms with Crippen LogP contribution in [0.2, 0.25) is 5.02 Å². The normalized spacial score (nSPS) is 11.8. The van der Waals surface area contributed by atoms with Crippen LogP contribution in [0.15, 0.2) is 41.8 Å². The van der Waals surface area contributed by atoms with Gasteiger partial charge in [0, 0.05) is 17.0 Å². The van der Waals surface area contributed by atoms with E-state index in [9.17, 15) is 18.0 Å². The molecule has 0 aliphatic carbocycles. The second-order valence-electron chi connectivity index (χ2n) is 6.87. The Bertz CT molecular complexity index is 1110. The first-order valence-electron chi connectivity index (χ1n) is 8.94. The topological polar surface area (TPSA) is 42.0 Å². The van der Waals surface area contributed by atoms with Gasteiger partial charge in [-0.2, -0.15) is 13.2 Å². The molecule has 8 heteroatoms. The summed E-state index contributed by atoms with van der Waals surface area (Å²) in [7, 11) is 0. The summed E-state index contributed by atoms with van der Waals surface area (Å²) < 4.78 is 38.8. The maximum atomic E-state index is 12.9. The summed E-state index contributed by atoms with van der Waals surface area (Å²) in [6, 6.07) is 7.61. The Labute approximate surface area is 181 Å². The lowest BCUT2D eigenvalue weighted by Crippen LogP contribution is -2.08. The summed E-state index contributed by atoms with van der Waals surface area (Å²) in [6.45, 7) is 6.05. The fraction of sp³-hybridized carbons (Fsp3) is 0.182. The van der Waals surface area contributed by atoms with E-state index >= 15 is 0 Å². The molecule has 0 aliphatic heterocycles. The minimum absolute atomic E-state index is 0.215. The van der Waals surface area contributed by atoms with Crippen molar-refractivity contribution in [3.63, 3.8) is 0 Å². The van der Waals surface area contributed by atoms with E-state index in [2.05, 4.69) is 22.4 Å². The molecular weight excluding hydrogens is 433 g/mol. The van der Waals surface area contributed by atoms with E-state index in [4.69, 9.17) is 11.6 Å². The first kappa shape index (κ1) is 22.1. The summed E-state index contributed by atoms with van der Waals surface area (Å²) in [5.41, 5.74) is 4.42. The molecule has 1 heterocycles. The molecule has 30 heavy (non-hydrogen) atoms. The summed E-state index contributed by atoms with van der Waals surface area (Å²) in [6.07, 6.45) is -2.11. The minimum atomic E-state index is -4.56. The van der Waals surface area contributed by atoms with Gasteiger partial charge in [-0.3, -0.25) is 10.1 Å². The molecule has 0 saturated heterocycles. The highest BCUT2D eigenvalue weighted by molar-refractivity contribution is 7.14. The number of halogens is 4. The lowest BCUT2D eigenvalue weighted by atomic mass is 9.98. The van der Waals surface area contributed by atoms with Crippen LogP contribution in [-0.4, -0.2) is 10.9 Å². The van der Waals surface area contributed by atoms with Gasteiger partial charge in [-0.25, -0.2) is 4.98 Å². The van der Waals surface area contributed by atoms with E-state index in [-0.39, 0.29) is 10.6 Å².